The molecule has 0 saturated carbocycles. The van der Waals surface area contributed by atoms with Crippen LogP contribution in [0, 0.1) is 24.0 Å². The zero-order valence-electron chi connectivity index (χ0n) is 14.4. The highest BCUT2D eigenvalue weighted by Gasteiger charge is 2.12. The molecular formula is C19H17N3O3S. The van der Waals surface area contributed by atoms with Gasteiger partial charge in [-0.3, -0.25) is 14.9 Å². The van der Waals surface area contributed by atoms with Crippen molar-refractivity contribution in [3.8, 4) is 11.3 Å². The molecule has 0 unspecified atom stereocenters. The van der Waals surface area contributed by atoms with Gasteiger partial charge in [0, 0.05) is 23.1 Å². The van der Waals surface area contributed by atoms with Gasteiger partial charge < -0.3 is 5.32 Å². The van der Waals surface area contributed by atoms with E-state index in [9.17, 15) is 14.9 Å². The van der Waals surface area contributed by atoms with E-state index in [1.165, 1.54) is 12.1 Å². The van der Waals surface area contributed by atoms with Crippen LogP contribution in [-0.2, 0) is 11.2 Å². The molecule has 0 aliphatic carbocycles. The number of hydrogen-bond donors (Lipinski definition) is 1. The number of thiazole rings is 1. The van der Waals surface area contributed by atoms with Crippen molar-refractivity contribution in [3.63, 3.8) is 0 Å². The number of benzene rings is 2. The lowest BCUT2D eigenvalue weighted by Gasteiger charge is -2.08. The SMILES string of the molecule is Cc1nc(-c2ccc(CC(=O)Nc3cc([N+](=O)[O-])ccc3C)cc2)cs1. The third-order valence-corrected chi connectivity index (χ3v) is 4.71. The summed E-state index contributed by atoms with van der Waals surface area (Å²) in [5.41, 5.74) is 3.98. The maximum Gasteiger partial charge on any atom is 0.271 e. The lowest BCUT2D eigenvalue weighted by atomic mass is 10.1. The number of amides is 1. The summed E-state index contributed by atoms with van der Waals surface area (Å²) in [7, 11) is 0. The highest BCUT2D eigenvalue weighted by molar-refractivity contribution is 7.09. The van der Waals surface area contributed by atoms with E-state index >= 15 is 0 Å². The number of nitro benzene ring substituents is 1. The molecule has 0 spiro atoms. The van der Waals surface area contributed by atoms with Gasteiger partial charge in [-0.05, 0) is 25.0 Å². The summed E-state index contributed by atoms with van der Waals surface area (Å²) in [5, 5.41) is 16.6. The summed E-state index contributed by atoms with van der Waals surface area (Å²) in [5.74, 6) is -0.217. The summed E-state index contributed by atoms with van der Waals surface area (Å²) in [6.45, 7) is 3.76. The molecule has 3 aromatic rings. The molecule has 1 N–H and O–H groups in total. The second kappa shape index (κ2) is 7.45. The molecule has 7 heteroatoms. The lowest BCUT2D eigenvalue weighted by Crippen LogP contribution is -2.15. The number of carbonyl (C=O) groups excluding carboxylic acids is 1. The Morgan fingerprint density at radius 1 is 1.19 bits per heavy atom. The third-order valence-electron chi connectivity index (χ3n) is 3.94. The number of rotatable bonds is 5. The first kappa shape index (κ1) is 17.8. The van der Waals surface area contributed by atoms with Crippen molar-refractivity contribution in [1.29, 1.82) is 0 Å². The summed E-state index contributed by atoms with van der Waals surface area (Å²) in [6, 6.07) is 12.1. The van der Waals surface area contributed by atoms with Crippen LogP contribution in [0.15, 0.2) is 47.8 Å². The number of aryl methyl sites for hydroxylation is 2. The molecule has 1 amide bonds. The molecule has 1 heterocycles. The number of hydrogen-bond acceptors (Lipinski definition) is 5. The molecule has 0 bridgehead atoms. The zero-order chi connectivity index (χ0) is 18.7. The molecule has 6 nitrogen and oxygen atoms in total. The smallest absolute Gasteiger partial charge is 0.271 e. The largest absolute Gasteiger partial charge is 0.325 e. The minimum absolute atomic E-state index is 0.0474. The van der Waals surface area contributed by atoms with Gasteiger partial charge in [0.25, 0.3) is 5.69 Å². The second-order valence-electron chi connectivity index (χ2n) is 5.93. The van der Waals surface area contributed by atoms with Crippen molar-refractivity contribution >= 4 is 28.6 Å². The highest BCUT2D eigenvalue weighted by atomic mass is 32.1. The third kappa shape index (κ3) is 4.12. The maximum atomic E-state index is 12.3. The van der Waals surface area contributed by atoms with Crippen LogP contribution in [0.5, 0.6) is 0 Å². The van der Waals surface area contributed by atoms with Crippen molar-refractivity contribution in [2.75, 3.05) is 5.32 Å². The molecule has 132 valence electrons. The number of aromatic nitrogens is 1. The summed E-state index contributed by atoms with van der Waals surface area (Å²) in [4.78, 5) is 27.1. The van der Waals surface area contributed by atoms with Crippen molar-refractivity contribution in [2.45, 2.75) is 20.3 Å². The van der Waals surface area contributed by atoms with E-state index in [1.54, 1.807) is 24.3 Å². The minimum Gasteiger partial charge on any atom is -0.325 e. The first-order valence-corrected chi connectivity index (χ1v) is 8.86. The van der Waals surface area contributed by atoms with Crippen LogP contribution in [0.2, 0.25) is 0 Å². The molecule has 0 atom stereocenters. The van der Waals surface area contributed by atoms with Crippen LogP contribution in [0.4, 0.5) is 11.4 Å². The van der Waals surface area contributed by atoms with Gasteiger partial charge in [0.1, 0.15) is 0 Å². The van der Waals surface area contributed by atoms with Crippen LogP contribution in [0.25, 0.3) is 11.3 Å². The van der Waals surface area contributed by atoms with Gasteiger partial charge in [-0.15, -0.1) is 11.3 Å². The summed E-state index contributed by atoms with van der Waals surface area (Å²) in [6.07, 6.45) is 0.193. The second-order valence-corrected chi connectivity index (χ2v) is 6.99. The fourth-order valence-electron chi connectivity index (χ4n) is 2.53. The fraction of sp³-hybridized carbons (Fsp3) is 0.158. The van der Waals surface area contributed by atoms with Crippen molar-refractivity contribution < 1.29 is 9.72 Å². The molecule has 0 radical (unpaired) electrons. The zero-order valence-corrected chi connectivity index (χ0v) is 15.2. The Morgan fingerprint density at radius 2 is 1.92 bits per heavy atom. The van der Waals surface area contributed by atoms with Gasteiger partial charge in [-0.25, -0.2) is 4.98 Å². The van der Waals surface area contributed by atoms with Gasteiger partial charge in [-0.2, -0.15) is 0 Å². The van der Waals surface area contributed by atoms with Crippen molar-refractivity contribution in [2.24, 2.45) is 0 Å². The van der Waals surface area contributed by atoms with E-state index in [-0.39, 0.29) is 18.0 Å². The van der Waals surface area contributed by atoms with E-state index in [0.29, 0.717) is 5.69 Å². The molecule has 0 aliphatic rings. The molecule has 3 rings (SSSR count). The van der Waals surface area contributed by atoms with Gasteiger partial charge >= 0.3 is 0 Å². The van der Waals surface area contributed by atoms with Crippen LogP contribution in [0.1, 0.15) is 16.1 Å². The number of carbonyl (C=O) groups is 1. The van der Waals surface area contributed by atoms with Gasteiger partial charge in [0.2, 0.25) is 5.91 Å². The Morgan fingerprint density at radius 3 is 2.54 bits per heavy atom. The maximum absolute atomic E-state index is 12.3. The molecule has 2 aromatic carbocycles. The first-order valence-electron chi connectivity index (χ1n) is 7.99. The summed E-state index contributed by atoms with van der Waals surface area (Å²) >= 11 is 1.60. The van der Waals surface area contributed by atoms with Crippen molar-refractivity contribution in [3.05, 3.63) is 74.1 Å². The quantitative estimate of drug-likeness (QED) is 0.531. The topological polar surface area (TPSA) is 85.1 Å². The Bertz CT molecular complexity index is 964. The lowest BCUT2D eigenvalue weighted by molar-refractivity contribution is -0.384. The van der Waals surface area contributed by atoms with Crippen LogP contribution < -0.4 is 5.32 Å². The van der Waals surface area contributed by atoms with Crippen LogP contribution >= 0.6 is 11.3 Å². The Kier molecular flexibility index (Phi) is 5.09. The number of non-ortho nitro benzene ring substituents is 1. The van der Waals surface area contributed by atoms with E-state index in [2.05, 4.69) is 10.3 Å². The molecule has 1 aromatic heterocycles. The van der Waals surface area contributed by atoms with E-state index in [1.807, 2.05) is 36.6 Å². The van der Waals surface area contributed by atoms with Gasteiger partial charge in [-0.1, -0.05) is 30.3 Å². The van der Waals surface area contributed by atoms with E-state index < -0.39 is 4.92 Å². The van der Waals surface area contributed by atoms with Gasteiger partial charge in [0.05, 0.1) is 27.7 Å². The number of nitrogens with one attached hydrogen (secondary N) is 1. The predicted octanol–water partition coefficient (Wildman–Crippen LogP) is 4.52. The molecule has 0 fully saturated rings. The molecule has 26 heavy (non-hydrogen) atoms. The monoisotopic (exact) mass is 367 g/mol. The molecular weight excluding hydrogens is 350 g/mol. The average Bonchev–Trinajstić information content (AvgIpc) is 3.03. The summed E-state index contributed by atoms with van der Waals surface area (Å²) < 4.78 is 0. The van der Waals surface area contributed by atoms with Crippen LogP contribution in [0.3, 0.4) is 0 Å². The normalized spacial score (nSPS) is 10.5. The highest BCUT2D eigenvalue weighted by Crippen LogP contribution is 2.23. The number of nitrogens with zero attached hydrogens (tertiary/aromatic N) is 2. The fourth-order valence-corrected chi connectivity index (χ4v) is 3.15. The van der Waals surface area contributed by atoms with E-state index in [0.717, 1.165) is 27.4 Å². The predicted molar refractivity (Wildman–Crippen MR) is 102 cm³/mol. The Hall–Kier alpha value is -3.06. The number of anilines is 1. The standard InChI is InChI=1S/C19H17N3O3S/c1-12-3-8-16(22(24)25)10-17(12)21-19(23)9-14-4-6-15(7-5-14)18-11-26-13(2)20-18/h3-8,10-11H,9H2,1-2H3,(H,21,23). The van der Waals surface area contributed by atoms with Gasteiger partial charge in [0.15, 0.2) is 0 Å². The number of nitro groups is 1. The van der Waals surface area contributed by atoms with Crippen LogP contribution in [-0.4, -0.2) is 15.8 Å². The Balaban J connectivity index is 1.68. The molecule has 0 saturated heterocycles. The first-order chi connectivity index (χ1) is 12.4. The minimum atomic E-state index is -0.478. The van der Waals surface area contributed by atoms with Crippen molar-refractivity contribution in [1.82, 2.24) is 4.98 Å². The average molecular weight is 367 g/mol. The molecule has 0 aliphatic heterocycles. The Labute approximate surface area is 154 Å². The van der Waals surface area contributed by atoms with E-state index in [4.69, 9.17) is 0 Å².